The zero-order chi connectivity index (χ0) is 13.4. The zero-order valence-corrected chi connectivity index (χ0v) is 12.1. The predicted molar refractivity (Wildman–Crippen MR) is 76.2 cm³/mol. The van der Waals surface area contributed by atoms with Gasteiger partial charge in [-0.1, -0.05) is 39.5 Å². The van der Waals surface area contributed by atoms with E-state index in [9.17, 15) is 4.79 Å². The van der Waals surface area contributed by atoms with Crippen LogP contribution >= 0.6 is 0 Å². The minimum atomic E-state index is 0.196. The number of hydrogen-bond acceptors (Lipinski definition) is 2. The van der Waals surface area contributed by atoms with E-state index in [1.807, 2.05) is 0 Å². The van der Waals surface area contributed by atoms with Crippen molar-refractivity contribution in [1.29, 1.82) is 0 Å². The van der Waals surface area contributed by atoms with E-state index in [0.717, 1.165) is 31.7 Å². The van der Waals surface area contributed by atoms with Gasteiger partial charge in [-0.2, -0.15) is 0 Å². The summed E-state index contributed by atoms with van der Waals surface area (Å²) in [7, 11) is 0. The Hall–Kier alpha value is -0.570. The predicted octanol–water partition coefficient (Wildman–Crippen LogP) is 2.84. The highest BCUT2D eigenvalue weighted by Crippen LogP contribution is 2.25. The van der Waals surface area contributed by atoms with Crippen LogP contribution in [0.4, 0.5) is 0 Å². The van der Waals surface area contributed by atoms with E-state index in [-0.39, 0.29) is 11.9 Å². The second-order valence-electron chi connectivity index (χ2n) is 6.15. The van der Waals surface area contributed by atoms with E-state index in [2.05, 4.69) is 19.2 Å². The molecule has 3 N–H and O–H groups in total. The minimum absolute atomic E-state index is 0.196. The Morgan fingerprint density at radius 1 is 1.28 bits per heavy atom. The van der Waals surface area contributed by atoms with E-state index in [1.165, 1.54) is 25.7 Å². The Labute approximate surface area is 112 Å². The van der Waals surface area contributed by atoms with Crippen LogP contribution in [0.2, 0.25) is 0 Å². The molecule has 1 saturated carbocycles. The van der Waals surface area contributed by atoms with Gasteiger partial charge in [0.15, 0.2) is 0 Å². The molecular weight excluding hydrogens is 224 g/mol. The molecular formula is C15H30N2O. The lowest BCUT2D eigenvalue weighted by Gasteiger charge is -2.27. The van der Waals surface area contributed by atoms with Crippen LogP contribution in [-0.4, -0.2) is 18.5 Å². The van der Waals surface area contributed by atoms with Gasteiger partial charge in [0, 0.05) is 19.0 Å². The number of carbonyl (C=O) groups is 1. The van der Waals surface area contributed by atoms with Crippen LogP contribution in [0, 0.1) is 11.8 Å². The molecule has 1 aliphatic rings. The minimum Gasteiger partial charge on any atom is -0.356 e. The molecule has 18 heavy (non-hydrogen) atoms. The molecule has 0 aromatic carbocycles. The average molecular weight is 254 g/mol. The summed E-state index contributed by atoms with van der Waals surface area (Å²) in [6.07, 6.45) is 8.87. The molecule has 2 atom stereocenters. The molecule has 0 spiro atoms. The molecule has 0 aliphatic heterocycles. The number of amides is 1. The van der Waals surface area contributed by atoms with Crippen LogP contribution in [0.3, 0.4) is 0 Å². The molecule has 3 nitrogen and oxygen atoms in total. The Morgan fingerprint density at radius 3 is 2.67 bits per heavy atom. The highest BCUT2D eigenvalue weighted by atomic mass is 16.1. The summed E-state index contributed by atoms with van der Waals surface area (Å²) in [5.74, 6) is 1.37. The summed E-state index contributed by atoms with van der Waals surface area (Å²) >= 11 is 0. The monoisotopic (exact) mass is 254 g/mol. The van der Waals surface area contributed by atoms with Crippen molar-refractivity contribution in [2.45, 2.75) is 71.3 Å². The van der Waals surface area contributed by atoms with Gasteiger partial charge in [-0.25, -0.2) is 0 Å². The smallest absolute Gasteiger partial charge is 0.220 e. The quantitative estimate of drug-likeness (QED) is 0.686. The Kier molecular flexibility index (Phi) is 7.33. The number of nitrogens with two attached hydrogens (primary N) is 1. The van der Waals surface area contributed by atoms with Crippen LogP contribution in [0.25, 0.3) is 0 Å². The van der Waals surface area contributed by atoms with Gasteiger partial charge in [-0.3, -0.25) is 4.79 Å². The van der Waals surface area contributed by atoms with Crippen LogP contribution in [0.15, 0.2) is 0 Å². The molecule has 0 aromatic heterocycles. The van der Waals surface area contributed by atoms with Crippen molar-refractivity contribution in [3.8, 4) is 0 Å². The van der Waals surface area contributed by atoms with Crippen LogP contribution < -0.4 is 11.1 Å². The third-order valence-corrected chi connectivity index (χ3v) is 3.95. The lowest BCUT2D eigenvalue weighted by atomic mass is 9.83. The van der Waals surface area contributed by atoms with E-state index < -0.39 is 0 Å². The largest absolute Gasteiger partial charge is 0.356 e. The summed E-state index contributed by atoms with van der Waals surface area (Å²) in [5, 5.41) is 3.03. The van der Waals surface area contributed by atoms with E-state index in [4.69, 9.17) is 5.73 Å². The zero-order valence-electron chi connectivity index (χ0n) is 12.1. The maximum atomic E-state index is 11.8. The van der Waals surface area contributed by atoms with Gasteiger partial charge < -0.3 is 11.1 Å². The lowest BCUT2D eigenvalue weighted by molar-refractivity contribution is -0.122. The SMILES string of the molecule is CC(C)CCCCNC(=O)CC1CCCCC1N. The fraction of sp³-hybridized carbons (Fsp3) is 0.933. The number of carbonyl (C=O) groups excluding carboxylic acids is 1. The van der Waals surface area contributed by atoms with Gasteiger partial charge in [0.05, 0.1) is 0 Å². The van der Waals surface area contributed by atoms with Gasteiger partial charge in [0.1, 0.15) is 0 Å². The Morgan fingerprint density at radius 2 is 2.00 bits per heavy atom. The second-order valence-corrected chi connectivity index (χ2v) is 6.15. The van der Waals surface area contributed by atoms with Crippen LogP contribution in [-0.2, 0) is 4.79 Å². The third-order valence-electron chi connectivity index (χ3n) is 3.95. The maximum absolute atomic E-state index is 11.8. The number of nitrogens with one attached hydrogen (secondary N) is 1. The van der Waals surface area contributed by atoms with E-state index >= 15 is 0 Å². The first-order valence-corrected chi connectivity index (χ1v) is 7.62. The third kappa shape index (κ3) is 6.39. The van der Waals surface area contributed by atoms with Crippen molar-refractivity contribution in [2.24, 2.45) is 17.6 Å². The van der Waals surface area contributed by atoms with Gasteiger partial charge in [-0.05, 0) is 31.1 Å². The maximum Gasteiger partial charge on any atom is 0.220 e. The molecule has 106 valence electrons. The van der Waals surface area contributed by atoms with Gasteiger partial charge in [-0.15, -0.1) is 0 Å². The summed E-state index contributed by atoms with van der Waals surface area (Å²) in [4.78, 5) is 11.8. The highest BCUT2D eigenvalue weighted by Gasteiger charge is 2.23. The molecule has 0 heterocycles. The van der Waals surface area contributed by atoms with Crippen molar-refractivity contribution < 1.29 is 4.79 Å². The summed E-state index contributed by atoms with van der Waals surface area (Å²) in [6, 6.07) is 0.241. The standard InChI is InChI=1S/C15H30N2O/c1-12(2)7-5-6-10-17-15(18)11-13-8-3-4-9-14(13)16/h12-14H,3-11,16H2,1-2H3,(H,17,18). The van der Waals surface area contributed by atoms with E-state index in [0.29, 0.717) is 12.3 Å². The van der Waals surface area contributed by atoms with Gasteiger partial charge >= 0.3 is 0 Å². The number of hydrogen-bond donors (Lipinski definition) is 2. The van der Waals surface area contributed by atoms with Crippen LogP contribution in [0.5, 0.6) is 0 Å². The molecule has 3 heteroatoms. The number of rotatable bonds is 7. The molecule has 0 bridgehead atoms. The van der Waals surface area contributed by atoms with Crippen LogP contribution in [0.1, 0.15) is 65.2 Å². The average Bonchev–Trinajstić information content (AvgIpc) is 2.31. The Balaban J connectivity index is 2.06. The molecule has 1 amide bonds. The summed E-state index contributed by atoms with van der Waals surface area (Å²) in [6.45, 7) is 5.31. The topological polar surface area (TPSA) is 55.1 Å². The first kappa shape index (κ1) is 15.5. The molecule has 0 radical (unpaired) electrons. The number of unbranched alkanes of at least 4 members (excludes halogenated alkanes) is 1. The summed E-state index contributed by atoms with van der Waals surface area (Å²) in [5.41, 5.74) is 6.06. The molecule has 2 unspecified atom stereocenters. The van der Waals surface area contributed by atoms with E-state index in [1.54, 1.807) is 0 Å². The fourth-order valence-electron chi connectivity index (χ4n) is 2.71. The van der Waals surface area contributed by atoms with Gasteiger partial charge in [0.25, 0.3) is 0 Å². The molecule has 0 saturated heterocycles. The van der Waals surface area contributed by atoms with Crippen molar-refractivity contribution >= 4 is 5.91 Å². The van der Waals surface area contributed by atoms with Crippen molar-refractivity contribution in [3.63, 3.8) is 0 Å². The molecule has 1 aliphatic carbocycles. The normalized spacial score (nSPS) is 24.2. The second kappa shape index (κ2) is 8.52. The first-order chi connectivity index (χ1) is 8.59. The summed E-state index contributed by atoms with van der Waals surface area (Å²) < 4.78 is 0. The van der Waals surface area contributed by atoms with Crippen molar-refractivity contribution in [2.75, 3.05) is 6.54 Å². The first-order valence-electron chi connectivity index (χ1n) is 7.62. The molecule has 1 fully saturated rings. The lowest BCUT2D eigenvalue weighted by Crippen LogP contribution is -2.37. The van der Waals surface area contributed by atoms with Gasteiger partial charge in [0.2, 0.25) is 5.91 Å². The Bertz CT molecular complexity index is 241. The molecule has 0 aromatic rings. The van der Waals surface area contributed by atoms with Crippen molar-refractivity contribution in [3.05, 3.63) is 0 Å². The molecule has 1 rings (SSSR count). The fourth-order valence-corrected chi connectivity index (χ4v) is 2.71. The highest BCUT2D eigenvalue weighted by molar-refractivity contribution is 5.76. The van der Waals surface area contributed by atoms with Crippen molar-refractivity contribution in [1.82, 2.24) is 5.32 Å².